The molecule has 0 amide bonds. The number of fused-ring (bicyclic) bond motifs is 1. The Bertz CT molecular complexity index is 395. The van der Waals surface area contributed by atoms with Gasteiger partial charge in [0, 0.05) is 5.92 Å². The predicted octanol–water partition coefficient (Wildman–Crippen LogP) is 2.60. The molecule has 0 aromatic rings. The summed E-state index contributed by atoms with van der Waals surface area (Å²) < 4.78 is 5.42. The lowest BCUT2D eigenvalue weighted by Crippen LogP contribution is -2.20. The van der Waals surface area contributed by atoms with Gasteiger partial charge in [0.05, 0.1) is 12.0 Å². The maximum atomic E-state index is 11.7. The Morgan fingerprint density at radius 2 is 2.11 bits per heavy atom. The van der Waals surface area contributed by atoms with Crippen molar-refractivity contribution in [2.75, 3.05) is 0 Å². The fourth-order valence-electron chi connectivity index (χ4n) is 2.73. The summed E-state index contributed by atoms with van der Waals surface area (Å²) in [6.45, 7) is 5.94. The minimum atomic E-state index is -0.465. The van der Waals surface area contributed by atoms with Gasteiger partial charge in [-0.25, -0.2) is 0 Å². The molecule has 1 fully saturated rings. The Hall–Kier alpha value is -1.09. The maximum Gasteiger partial charge on any atom is 0.309 e. The molecule has 4 unspecified atom stereocenters. The van der Waals surface area contributed by atoms with Crippen LogP contribution in [-0.4, -0.2) is 23.3 Å². The molecule has 0 radical (unpaired) electrons. The molecule has 3 heteroatoms. The Kier molecular flexibility index (Phi) is 3.91. The molecule has 1 aliphatic heterocycles. The lowest BCUT2D eigenvalue weighted by Gasteiger charge is -2.20. The Labute approximate surface area is 109 Å². The second-order valence-electron chi connectivity index (χ2n) is 5.61. The summed E-state index contributed by atoms with van der Waals surface area (Å²) in [6, 6.07) is 0. The van der Waals surface area contributed by atoms with Gasteiger partial charge in [-0.1, -0.05) is 18.6 Å². The number of hydrogen-bond acceptors (Lipinski definition) is 3. The SMILES string of the molecule is CC1=CCC(O)C(C)=CC2OC(=O)C(C)C2CC1. The van der Waals surface area contributed by atoms with Crippen LogP contribution in [0, 0.1) is 11.8 Å². The summed E-state index contributed by atoms with van der Waals surface area (Å²) in [5, 5.41) is 10.0. The topological polar surface area (TPSA) is 46.5 Å². The van der Waals surface area contributed by atoms with Crippen LogP contribution in [0.1, 0.15) is 40.0 Å². The molecule has 0 spiro atoms. The van der Waals surface area contributed by atoms with Gasteiger partial charge >= 0.3 is 5.97 Å². The Morgan fingerprint density at radius 3 is 2.83 bits per heavy atom. The van der Waals surface area contributed by atoms with Crippen LogP contribution < -0.4 is 0 Å². The van der Waals surface area contributed by atoms with Crippen molar-refractivity contribution in [3.8, 4) is 0 Å². The van der Waals surface area contributed by atoms with Gasteiger partial charge in [0.2, 0.25) is 0 Å². The van der Waals surface area contributed by atoms with E-state index >= 15 is 0 Å². The van der Waals surface area contributed by atoms with Crippen molar-refractivity contribution in [1.29, 1.82) is 0 Å². The van der Waals surface area contributed by atoms with Crippen molar-refractivity contribution in [3.05, 3.63) is 23.3 Å². The maximum absolute atomic E-state index is 11.7. The van der Waals surface area contributed by atoms with Crippen LogP contribution in [0.2, 0.25) is 0 Å². The van der Waals surface area contributed by atoms with Gasteiger partial charge < -0.3 is 9.84 Å². The highest BCUT2D eigenvalue weighted by molar-refractivity contribution is 5.75. The zero-order chi connectivity index (χ0) is 13.3. The van der Waals surface area contributed by atoms with Gasteiger partial charge in [0.15, 0.2) is 0 Å². The number of allylic oxidation sites excluding steroid dienone is 1. The predicted molar refractivity (Wildman–Crippen MR) is 69.9 cm³/mol. The first-order valence-corrected chi connectivity index (χ1v) is 6.71. The molecule has 1 aliphatic carbocycles. The van der Waals surface area contributed by atoms with Crippen LogP contribution in [0.3, 0.4) is 0 Å². The molecule has 2 rings (SSSR count). The molecule has 0 aromatic carbocycles. The van der Waals surface area contributed by atoms with E-state index in [1.165, 1.54) is 5.57 Å². The summed E-state index contributed by atoms with van der Waals surface area (Å²) in [5.41, 5.74) is 2.19. The molecule has 1 saturated heterocycles. The second-order valence-corrected chi connectivity index (χ2v) is 5.61. The van der Waals surface area contributed by atoms with Crippen LogP contribution in [0.4, 0.5) is 0 Å². The monoisotopic (exact) mass is 250 g/mol. The van der Waals surface area contributed by atoms with Crippen molar-refractivity contribution in [3.63, 3.8) is 0 Å². The molecule has 0 bridgehead atoms. The third kappa shape index (κ3) is 2.66. The van der Waals surface area contributed by atoms with Crippen LogP contribution in [-0.2, 0) is 9.53 Å². The molecule has 1 heterocycles. The highest BCUT2D eigenvalue weighted by Crippen LogP contribution is 2.35. The quantitative estimate of drug-likeness (QED) is 0.531. The van der Waals surface area contributed by atoms with Gasteiger partial charge in [-0.05, 0) is 44.8 Å². The number of aliphatic hydroxyl groups is 1. The number of esters is 1. The first-order chi connectivity index (χ1) is 8.49. The highest BCUT2D eigenvalue weighted by atomic mass is 16.6. The molecular formula is C15H22O3. The van der Waals surface area contributed by atoms with Crippen LogP contribution in [0.5, 0.6) is 0 Å². The van der Waals surface area contributed by atoms with Crippen LogP contribution in [0.25, 0.3) is 0 Å². The first kappa shape index (κ1) is 13.3. The van der Waals surface area contributed by atoms with Gasteiger partial charge in [0.25, 0.3) is 0 Å². The normalized spacial score (nSPS) is 37.4. The van der Waals surface area contributed by atoms with E-state index in [2.05, 4.69) is 13.0 Å². The molecular weight excluding hydrogens is 228 g/mol. The van der Waals surface area contributed by atoms with Crippen LogP contribution >= 0.6 is 0 Å². The summed E-state index contributed by atoms with van der Waals surface area (Å²) in [6.07, 6.45) is 6.01. The van der Waals surface area contributed by atoms with E-state index in [-0.39, 0.29) is 23.9 Å². The minimum absolute atomic E-state index is 0.0385. The molecule has 100 valence electrons. The molecule has 4 atom stereocenters. The van der Waals surface area contributed by atoms with Gasteiger partial charge in [-0.2, -0.15) is 0 Å². The highest BCUT2D eigenvalue weighted by Gasteiger charge is 2.40. The molecule has 0 aromatic heterocycles. The van der Waals surface area contributed by atoms with Gasteiger partial charge in [-0.3, -0.25) is 4.79 Å². The fraction of sp³-hybridized carbons (Fsp3) is 0.667. The Morgan fingerprint density at radius 1 is 1.39 bits per heavy atom. The van der Waals surface area contributed by atoms with Crippen molar-refractivity contribution in [2.24, 2.45) is 11.8 Å². The third-order valence-corrected chi connectivity index (χ3v) is 4.20. The van der Waals surface area contributed by atoms with E-state index in [4.69, 9.17) is 4.74 Å². The van der Waals surface area contributed by atoms with E-state index in [1.807, 2.05) is 19.9 Å². The lowest BCUT2D eigenvalue weighted by molar-refractivity contribution is -0.142. The molecule has 0 saturated carbocycles. The zero-order valence-corrected chi connectivity index (χ0v) is 11.3. The van der Waals surface area contributed by atoms with Crippen molar-refractivity contribution in [1.82, 2.24) is 0 Å². The van der Waals surface area contributed by atoms with E-state index in [0.29, 0.717) is 6.42 Å². The standard InChI is InChI=1S/C15H22O3/c1-9-4-6-12-11(3)15(17)18-14(12)8-10(2)13(16)7-5-9/h5,8,11-14,16H,4,6-7H2,1-3H3. The first-order valence-electron chi connectivity index (χ1n) is 6.71. The molecule has 3 nitrogen and oxygen atoms in total. The average molecular weight is 250 g/mol. The van der Waals surface area contributed by atoms with Crippen molar-refractivity contribution < 1.29 is 14.6 Å². The summed E-state index contributed by atoms with van der Waals surface area (Å²) in [7, 11) is 0. The number of carbonyl (C=O) groups is 1. The van der Waals surface area contributed by atoms with E-state index in [1.54, 1.807) is 0 Å². The van der Waals surface area contributed by atoms with Gasteiger partial charge in [0.1, 0.15) is 6.10 Å². The van der Waals surface area contributed by atoms with E-state index < -0.39 is 6.10 Å². The second kappa shape index (κ2) is 5.27. The number of rotatable bonds is 0. The lowest BCUT2D eigenvalue weighted by atomic mass is 9.84. The molecule has 2 aliphatic rings. The molecule has 18 heavy (non-hydrogen) atoms. The minimum Gasteiger partial charge on any atom is -0.458 e. The fourth-order valence-corrected chi connectivity index (χ4v) is 2.73. The summed E-state index contributed by atoms with van der Waals surface area (Å²) >= 11 is 0. The Balaban J connectivity index is 2.26. The number of carbonyl (C=O) groups excluding carboxylic acids is 1. The summed E-state index contributed by atoms with van der Waals surface area (Å²) in [5.74, 6) is 0.0916. The number of hydrogen-bond donors (Lipinski definition) is 1. The number of aliphatic hydroxyl groups excluding tert-OH is 1. The van der Waals surface area contributed by atoms with Crippen LogP contribution in [0.15, 0.2) is 23.3 Å². The van der Waals surface area contributed by atoms with E-state index in [0.717, 1.165) is 18.4 Å². The van der Waals surface area contributed by atoms with Crippen molar-refractivity contribution in [2.45, 2.75) is 52.2 Å². The third-order valence-electron chi connectivity index (χ3n) is 4.20. The molecule has 1 N–H and O–H groups in total. The smallest absolute Gasteiger partial charge is 0.309 e. The largest absolute Gasteiger partial charge is 0.458 e. The zero-order valence-electron chi connectivity index (χ0n) is 11.3. The van der Waals surface area contributed by atoms with Crippen molar-refractivity contribution >= 4 is 5.97 Å². The average Bonchev–Trinajstić information content (AvgIpc) is 2.59. The van der Waals surface area contributed by atoms with E-state index in [9.17, 15) is 9.90 Å². The summed E-state index contributed by atoms with van der Waals surface area (Å²) in [4.78, 5) is 11.7. The van der Waals surface area contributed by atoms with Gasteiger partial charge in [-0.15, -0.1) is 0 Å². The number of ether oxygens (including phenoxy) is 1.